The zero-order chi connectivity index (χ0) is 19.6. The number of rotatable bonds is 5. The van der Waals surface area contributed by atoms with Crippen LogP contribution in [0.25, 0.3) is 32.9 Å². The summed E-state index contributed by atoms with van der Waals surface area (Å²) in [5.41, 5.74) is 2.96. The summed E-state index contributed by atoms with van der Waals surface area (Å²) < 4.78 is 13.5. The van der Waals surface area contributed by atoms with Crippen molar-refractivity contribution in [1.29, 1.82) is 0 Å². The average Bonchev–Trinajstić information content (AvgIpc) is 3.45. The fourth-order valence-corrected chi connectivity index (χ4v) is 3.90. The topological polar surface area (TPSA) is 66.5 Å². The smallest absolute Gasteiger partial charge is 0.162 e. The van der Waals surface area contributed by atoms with Gasteiger partial charge in [-0.25, -0.2) is 14.4 Å². The first-order valence-electron chi connectivity index (χ1n) is 9.09. The van der Waals surface area contributed by atoms with Crippen LogP contribution in [0.2, 0.25) is 0 Å². The van der Waals surface area contributed by atoms with Crippen LogP contribution in [0.3, 0.4) is 0 Å². The van der Waals surface area contributed by atoms with Crippen LogP contribution in [0.15, 0.2) is 72.1 Å². The molecule has 142 valence electrons. The third-order valence-corrected chi connectivity index (χ3v) is 5.52. The van der Waals surface area contributed by atoms with Gasteiger partial charge in [-0.2, -0.15) is 5.10 Å². The number of nitrogens with zero attached hydrogens (tertiary/aromatic N) is 3. The molecule has 7 heteroatoms. The van der Waals surface area contributed by atoms with Crippen LogP contribution in [0.5, 0.6) is 0 Å². The molecule has 0 saturated carbocycles. The number of hydrogen-bond donors (Lipinski definition) is 2. The van der Waals surface area contributed by atoms with Crippen LogP contribution in [0.4, 0.5) is 16.0 Å². The van der Waals surface area contributed by atoms with Gasteiger partial charge in [0.1, 0.15) is 12.5 Å². The highest BCUT2D eigenvalue weighted by Crippen LogP contribution is 2.30. The Bertz CT molecular complexity index is 1280. The van der Waals surface area contributed by atoms with Crippen LogP contribution in [0, 0.1) is 0 Å². The first-order chi connectivity index (χ1) is 14.3. The normalized spacial score (nSPS) is 11.1. The van der Waals surface area contributed by atoms with Gasteiger partial charge in [0.2, 0.25) is 0 Å². The number of aromatic nitrogens is 4. The van der Waals surface area contributed by atoms with Crippen LogP contribution in [0.1, 0.15) is 5.56 Å². The molecule has 0 aliphatic carbocycles. The van der Waals surface area contributed by atoms with E-state index in [1.807, 2.05) is 66.0 Å². The van der Waals surface area contributed by atoms with Crippen molar-refractivity contribution in [2.24, 2.45) is 0 Å². The lowest BCUT2D eigenvalue weighted by molar-refractivity contribution is 0.486. The zero-order valence-electron chi connectivity index (χ0n) is 15.3. The average molecular weight is 401 g/mol. The van der Waals surface area contributed by atoms with Crippen molar-refractivity contribution in [1.82, 2.24) is 20.2 Å². The lowest BCUT2D eigenvalue weighted by Gasteiger charge is -2.11. The predicted octanol–water partition coefficient (Wildman–Crippen LogP) is 5.96. The molecule has 0 unspecified atom stereocenters. The fraction of sp³-hybridized carbons (Fsp3) is 0.0455. The summed E-state index contributed by atoms with van der Waals surface area (Å²) >= 11 is 1.64. The second kappa shape index (κ2) is 7.44. The highest BCUT2D eigenvalue weighted by Gasteiger charge is 2.13. The second-order valence-electron chi connectivity index (χ2n) is 6.47. The molecule has 3 heterocycles. The van der Waals surface area contributed by atoms with Crippen molar-refractivity contribution < 1.29 is 4.39 Å². The van der Waals surface area contributed by atoms with Crippen LogP contribution in [-0.4, -0.2) is 20.2 Å². The Morgan fingerprint density at radius 3 is 2.69 bits per heavy atom. The third-order valence-electron chi connectivity index (χ3n) is 4.62. The van der Waals surface area contributed by atoms with Crippen molar-refractivity contribution in [3.8, 4) is 22.0 Å². The highest BCUT2D eigenvalue weighted by atomic mass is 32.1. The van der Waals surface area contributed by atoms with Gasteiger partial charge in [0, 0.05) is 17.0 Å². The number of H-pyrrole nitrogens is 1. The van der Waals surface area contributed by atoms with E-state index in [9.17, 15) is 4.39 Å². The number of halogens is 1. The van der Waals surface area contributed by atoms with E-state index in [0.717, 1.165) is 21.5 Å². The third kappa shape index (κ3) is 3.36. The van der Waals surface area contributed by atoms with E-state index in [2.05, 4.69) is 20.5 Å². The molecular weight excluding hydrogens is 385 g/mol. The molecular formula is C22H16FN5S. The van der Waals surface area contributed by atoms with Gasteiger partial charge in [-0.05, 0) is 29.1 Å². The molecule has 5 rings (SSSR count). The van der Waals surface area contributed by atoms with E-state index in [1.54, 1.807) is 17.4 Å². The van der Waals surface area contributed by atoms with Crippen molar-refractivity contribution in [2.75, 3.05) is 5.32 Å². The molecule has 5 nitrogen and oxygen atoms in total. The number of para-hydroxylation sites is 1. The molecule has 0 aliphatic rings. The minimum Gasteiger partial charge on any atom is -0.323 e. The minimum atomic E-state index is -0.571. The van der Waals surface area contributed by atoms with Crippen molar-refractivity contribution in [2.45, 2.75) is 6.67 Å². The van der Waals surface area contributed by atoms with Gasteiger partial charge in [-0.3, -0.25) is 5.10 Å². The summed E-state index contributed by atoms with van der Waals surface area (Å²) in [6, 6.07) is 21.0. The van der Waals surface area contributed by atoms with Gasteiger partial charge >= 0.3 is 0 Å². The molecule has 2 aromatic carbocycles. The SMILES string of the molecule is FCc1ccccc1-c1nc(Nc2cc(-c3cccs3)[nH]n2)c2ccccc2n1. The summed E-state index contributed by atoms with van der Waals surface area (Å²) in [4.78, 5) is 10.5. The van der Waals surface area contributed by atoms with Crippen molar-refractivity contribution in [3.05, 3.63) is 77.7 Å². The minimum absolute atomic E-state index is 0.480. The number of hydrogen-bond acceptors (Lipinski definition) is 5. The first kappa shape index (κ1) is 17.5. The van der Waals surface area contributed by atoms with E-state index in [-0.39, 0.29) is 0 Å². The fourth-order valence-electron chi connectivity index (χ4n) is 3.21. The van der Waals surface area contributed by atoms with E-state index in [0.29, 0.717) is 28.6 Å². The predicted molar refractivity (Wildman–Crippen MR) is 115 cm³/mol. The van der Waals surface area contributed by atoms with Crippen LogP contribution < -0.4 is 5.32 Å². The maximum atomic E-state index is 13.5. The summed E-state index contributed by atoms with van der Waals surface area (Å²) in [7, 11) is 0. The number of anilines is 2. The number of nitrogens with one attached hydrogen (secondary N) is 2. The lowest BCUT2D eigenvalue weighted by Crippen LogP contribution is -2.00. The Morgan fingerprint density at radius 2 is 1.83 bits per heavy atom. The molecule has 0 amide bonds. The first-order valence-corrected chi connectivity index (χ1v) is 9.97. The lowest BCUT2D eigenvalue weighted by atomic mass is 10.1. The number of alkyl halides is 1. The number of aromatic amines is 1. The van der Waals surface area contributed by atoms with Crippen LogP contribution >= 0.6 is 11.3 Å². The summed E-state index contributed by atoms with van der Waals surface area (Å²) in [6.07, 6.45) is 0. The highest BCUT2D eigenvalue weighted by molar-refractivity contribution is 7.13. The van der Waals surface area contributed by atoms with Gasteiger partial charge in [0.05, 0.1) is 16.1 Å². The molecule has 29 heavy (non-hydrogen) atoms. The molecule has 3 aromatic heterocycles. The van der Waals surface area contributed by atoms with E-state index < -0.39 is 6.67 Å². The monoisotopic (exact) mass is 401 g/mol. The molecule has 0 saturated heterocycles. The van der Waals surface area contributed by atoms with E-state index in [1.165, 1.54) is 0 Å². The van der Waals surface area contributed by atoms with Crippen molar-refractivity contribution in [3.63, 3.8) is 0 Å². The van der Waals surface area contributed by atoms with Gasteiger partial charge in [-0.15, -0.1) is 11.3 Å². The molecule has 0 aliphatic heterocycles. The Balaban J connectivity index is 1.59. The van der Waals surface area contributed by atoms with Gasteiger partial charge in [-0.1, -0.05) is 42.5 Å². The summed E-state index contributed by atoms with van der Waals surface area (Å²) in [5.74, 6) is 1.76. The van der Waals surface area contributed by atoms with Crippen molar-refractivity contribution >= 4 is 33.9 Å². The van der Waals surface area contributed by atoms with Gasteiger partial charge in [0.15, 0.2) is 11.6 Å². The Labute approximate surface area is 170 Å². The number of thiophene rings is 1. The van der Waals surface area contributed by atoms with Gasteiger partial charge in [0.25, 0.3) is 0 Å². The van der Waals surface area contributed by atoms with E-state index in [4.69, 9.17) is 4.98 Å². The second-order valence-corrected chi connectivity index (χ2v) is 7.42. The molecule has 0 radical (unpaired) electrons. The molecule has 0 atom stereocenters. The maximum Gasteiger partial charge on any atom is 0.162 e. The number of fused-ring (bicyclic) bond motifs is 1. The van der Waals surface area contributed by atoms with Crippen LogP contribution in [-0.2, 0) is 6.67 Å². The molecule has 0 fully saturated rings. The Hall–Kier alpha value is -3.58. The quantitative estimate of drug-likeness (QED) is 0.381. The van der Waals surface area contributed by atoms with Gasteiger partial charge < -0.3 is 5.32 Å². The summed E-state index contributed by atoms with van der Waals surface area (Å²) in [6.45, 7) is -0.571. The Kier molecular flexibility index (Phi) is 4.50. The standard InChI is InChI=1S/C22H16FN5S/c23-13-14-6-1-2-7-15(14)21-24-17-9-4-3-8-16(17)22(26-21)25-20-12-18(27-28-20)19-10-5-11-29-19/h1-12H,13H2,(H2,24,25,26,27,28). The maximum absolute atomic E-state index is 13.5. The molecule has 0 spiro atoms. The molecule has 2 N–H and O–H groups in total. The zero-order valence-corrected chi connectivity index (χ0v) is 16.1. The summed E-state index contributed by atoms with van der Waals surface area (Å²) in [5, 5.41) is 13.6. The molecule has 5 aromatic rings. The Morgan fingerprint density at radius 1 is 0.966 bits per heavy atom. The molecule has 0 bridgehead atoms. The van der Waals surface area contributed by atoms with E-state index >= 15 is 0 Å². The number of benzene rings is 2. The largest absolute Gasteiger partial charge is 0.323 e.